The van der Waals surface area contributed by atoms with Crippen LogP contribution in [0.4, 0.5) is 5.95 Å². The second-order valence-electron chi connectivity index (χ2n) is 5.17. The molecule has 0 aromatic carbocycles. The van der Waals surface area contributed by atoms with E-state index in [1.165, 1.54) is 7.11 Å². The molecular formula is C14H21N3O3. The molecule has 110 valence electrons. The van der Waals surface area contributed by atoms with Gasteiger partial charge in [-0.15, -0.1) is 0 Å². The van der Waals surface area contributed by atoms with Gasteiger partial charge in [-0.3, -0.25) is 4.79 Å². The number of rotatable bonds is 4. The van der Waals surface area contributed by atoms with Crippen LogP contribution in [-0.4, -0.2) is 42.2 Å². The van der Waals surface area contributed by atoms with E-state index in [2.05, 4.69) is 9.97 Å². The molecule has 2 heterocycles. The van der Waals surface area contributed by atoms with E-state index in [-0.39, 0.29) is 18.0 Å². The normalized spacial score (nSPS) is 19.0. The minimum atomic E-state index is -0.163. The molecule has 0 aliphatic carbocycles. The topological polar surface area (TPSA) is 64.5 Å². The van der Waals surface area contributed by atoms with E-state index in [1.807, 2.05) is 18.7 Å². The Labute approximate surface area is 119 Å². The molecular weight excluding hydrogens is 258 g/mol. The summed E-state index contributed by atoms with van der Waals surface area (Å²) in [5, 5.41) is 0. The molecule has 0 bridgehead atoms. The molecule has 1 aromatic rings. The van der Waals surface area contributed by atoms with Crippen molar-refractivity contribution in [1.82, 2.24) is 9.97 Å². The first kappa shape index (κ1) is 14.6. The quantitative estimate of drug-likeness (QED) is 0.781. The highest BCUT2D eigenvalue weighted by molar-refractivity contribution is 5.73. The van der Waals surface area contributed by atoms with Gasteiger partial charge in [-0.25, -0.2) is 4.98 Å². The highest BCUT2D eigenvalue weighted by Gasteiger charge is 2.27. The molecule has 1 fully saturated rings. The Morgan fingerprint density at radius 2 is 2.30 bits per heavy atom. The Bertz CT molecular complexity index is 465. The van der Waals surface area contributed by atoms with Gasteiger partial charge in [0.2, 0.25) is 11.8 Å². The van der Waals surface area contributed by atoms with Gasteiger partial charge in [0.15, 0.2) is 0 Å². The highest BCUT2D eigenvalue weighted by Crippen LogP contribution is 2.22. The van der Waals surface area contributed by atoms with E-state index < -0.39 is 0 Å². The molecule has 20 heavy (non-hydrogen) atoms. The van der Waals surface area contributed by atoms with Crippen molar-refractivity contribution >= 4 is 11.9 Å². The van der Waals surface area contributed by atoms with Gasteiger partial charge in [-0.1, -0.05) is 0 Å². The summed E-state index contributed by atoms with van der Waals surface area (Å²) in [5.74, 6) is 0.901. The number of esters is 1. The largest absolute Gasteiger partial charge is 0.475 e. The van der Waals surface area contributed by atoms with Gasteiger partial charge in [0.25, 0.3) is 0 Å². The lowest BCUT2D eigenvalue weighted by Crippen LogP contribution is -2.40. The van der Waals surface area contributed by atoms with Crippen molar-refractivity contribution in [2.75, 3.05) is 25.1 Å². The van der Waals surface area contributed by atoms with Gasteiger partial charge in [0.1, 0.15) is 0 Å². The Morgan fingerprint density at radius 3 is 3.00 bits per heavy atom. The third-order valence-electron chi connectivity index (χ3n) is 3.21. The lowest BCUT2D eigenvalue weighted by atomic mass is 9.98. The number of piperidine rings is 1. The van der Waals surface area contributed by atoms with Gasteiger partial charge in [0.05, 0.1) is 19.1 Å². The lowest BCUT2D eigenvalue weighted by Gasteiger charge is -2.31. The van der Waals surface area contributed by atoms with Crippen molar-refractivity contribution < 1.29 is 14.3 Å². The van der Waals surface area contributed by atoms with E-state index in [0.29, 0.717) is 18.4 Å². The molecule has 1 aliphatic rings. The maximum absolute atomic E-state index is 11.6. The third kappa shape index (κ3) is 3.59. The molecule has 1 aliphatic heterocycles. The first-order valence-corrected chi connectivity index (χ1v) is 6.92. The predicted octanol–water partition coefficient (Wildman–Crippen LogP) is 1.65. The third-order valence-corrected chi connectivity index (χ3v) is 3.21. The summed E-state index contributed by atoms with van der Waals surface area (Å²) in [5.41, 5.74) is 0. The van der Waals surface area contributed by atoms with Crippen molar-refractivity contribution in [2.45, 2.75) is 32.8 Å². The van der Waals surface area contributed by atoms with Crippen LogP contribution < -0.4 is 9.64 Å². The Kier molecular flexibility index (Phi) is 4.76. The zero-order valence-electron chi connectivity index (χ0n) is 12.2. The molecule has 0 saturated carbocycles. The molecule has 0 N–H and O–H groups in total. The van der Waals surface area contributed by atoms with Crippen molar-refractivity contribution in [2.24, 2.45) is 5.92 Å². The molecule has 0 radical (unpaired) electrons. The minimum Gasteiger partial charge on any atom is -0.475 e. The predicted molar refractivity (Wildman–Crippen MR) is 74.7 cm³/mol. The van der Waals surface area contributed by atoms with Crippen LogP contribution in [0.3, 0.4) is 0 Å². The number of aromatic nitrogens is 2. The average Bonchev–Trinajstić information content (AvgIpc) is 2.46. The van der Waals surface area contributed by atoms with E-state index in [9.17, 15) is 4.79 Å². The zero-order chi connectivity index (χ0) is 14.5. The minimum absolute atomic E-state index is 0.0712. The molecule has 1 unspecified atom stereocenters. The number of hydrogen-bond acceptors (Lipinski definition) is 6. The van der Waals surface area contributed by atoms with Crippen LogP contribution in [0.5, 0.6) is 5.88 Å². The van der Waals surface area contributed by atoms with E-state index in [0.717, 1.165) is 19.4 Å². The van der Waals surface area contributed by atoms with Crippen molar-refractivity contribution in [3.8, 4) is 5.88 Å². The maximum atomic E-state index is 11.6. The first-order chi connectivity index (χ1) is 9.60. The first-order valence-electron chi connectivity index (χ1n) is 6.92. The second-order valence-corrected chi connectivity index (χ2v) is 5.17. The van der Waals surface area contributed by atoms with Crippen molar-refractivity contribution in [3.63, 3.8) is 0 Å². The number of nitrogens with zero attached hydrogens (tertiary/aromatic N) is 3. The number of anilines is 1. The smallest absolute Gasteiger partial charge is 0.310 e. The van der Waals surface area contributed by atoms with Crippen LogP contribution in [0.25, 0.3) is 0 Å². The van der Waals surface area contributed by atoms with E-state index in [1.54, 1.807) is 12.3 Å². The molecule has 1 aromatic heterocycles. The van der Waals surface area contributed by atoms with Crippen LogP contribution in [0.1, 0.15) is 26.7 Å². The van der Waals surface area contributed by atoms with Gasteiger partial charge >= 0.3 is 5.97 Å². The fourth-order valence-corrected chi connectivity index (χ4v) is 2.31. The maximum Gasteiger partial charge on any atom is 0.310 e. The number of methoxy groups -OCH3 is 1. The summed E-state index contributed by atoms with van der Waals surface area (Å²) in [7, 11) is 1.43. The Morgan fingerprint density at radius 1 is 1.50 bits per heavy atom. The summed E-state index contributed by atoms with van der Waals surface area (Å²) < 4.78 is 10.4. The highest BCUT2D eigenvalue weighted by atomic mass is 16.5. The molecule has 1 atom stereocenters. The fourth-order valence-electron chi connectivity index (χ4n) is 2.31. The van der Waals surface area contributed by atoms with Crippen molar-refractivity contribution in [3.05, 3.63) is 12.3 Å². The van der Waals surface area contributed by atoms with E-state index in [4.69, 9.17) is 9.47 Å². The second kappa shape index (κ2) is 6.54. The summed E-state index contributed by atoms with van der Waals surface area (Å²) in [4.78, 5) is 22.3. The van der Waals surface area contributed by atoms with Crippen LogP contribution in [0.15, 0.2) is 12.3 Å². The molecule has 0 spiro atoms. The SMILES string of the molecule is COC(=O)C1CCCN(c2nccc(OC(C)C)n2)C1. The van der Waals surface area contributed by atoms with Gasteiger partial charge < -0.3 is 14.4 Å². The monoisotopic (exact) mass is 279 g/mol. The van der Waals surface area contributed by atoms with Crippen LogP contribution in [-0.2, 0) is 9.53 Å². The van der Waals surface area contributed by atoms with E-state index >= 15 is 0 Å². The summed E-state index contributed by atoms with van der Waals surface area (Å²) in [6, 6.07) is 1.74. The standard InChI is InChI=1S/C14H21N3O3/c1-10(2)20-12-6-7-15-14(16-12)17-8-4-5-11(9-17)13(18)19-3/h6-7,10-11H,4-5,8-9H2,1-3H3. The van der Waals surface area contributed by atoms with Gasteiger partial charge in [-0.2, -0.15) is 4.98 Å². The average molecular weight is 279 g/mol. The summed E-state index contributed by atoms with van der Waals surface area (Å²) >= 11 is 0. The Hall–Kier alpha value is -1.85. The Balaban J connectivity index is 2.08. The van der Waals surface area contributed by atoms with Crippen LogP contribution in [0.2, 0.25) is 0 Å². The van der Waals surface area contributed by atoms with Crippen molar-refractivity contribution in [1.29, 1.82) is 0 Å². The summed E-state index contributed by atoms with van der Waals surface area (Å²) in [6.07, 6.45) is 3.54. The van der Waals surface area contributed by atoms with Gasteiger partial charge in [0, 0.05) is 25.4 Å². The molecule has 6 nitrogen and oxygen atoms in total. The number of ether oxygens (including phenoxy) is 2. The molecule has 6 heteroatoms. The fraction of sp³-hybridized carbons (Fsp3) is 0.643. The molecule has 0 amide bonds. The summed E-state index contributed by atoms with van der Waals surface area (Å²) in [6.45, 7) is 5.35. The number of hydrogen-bond donors (Lipinski definition) is 0. The van der Waals surface area contributed by atoms with Gasteiger partial charge in [-0.05, 0) is 26.7 Å². The number of carbonyl (C=O) groups excluding carboxylic acids is 1. The molecule has 2 rings (SSSR count). The zero-order valence-corrected chi connectivity index (χ0v) is 12.2. The molecule has 1 saturated heterocycles. The number of carbonyl (C=O) groups is 1. The van der Waals surface area contributed by atoms with Crippen LogP contribution >= 0.6 is 0 Å². The van der Waals surface area contributed by atoms with Crippen LogP contribution in [0, 0.1) is 5.92 Å². The lowest BCUT2D eigenvalue weighted by molar-refractivity contribution is -0.145.